The van der Waals surface area contributed by atoms with E-state index in [0.29, 0.717) is 11.9 Å². The lowest BCUT2D eigenvalue weighted by molar-refractivity contribution is 0.0818. The molecule has 0 atom stereocenters. The van der Waals surface area contributed by atoms with Gasteiger partial charge in [0.05, 0.1) is 29.9 Å². The van der Waals surface area contributed by atoms with Gasteiger partial charge < -0.3 is 15.4 Å². The molecule has 1 aliphatic rings. The number of aromatic nitrogens is 5. The van der Waals surface area contributed by atoms with Crippen LogP contribution in [0, 0.1) is 0 Å². The maximum absolute atomic E-state index is 5.72. The minimum atomic E-state index is 0.328. The van der Waals surface area contributed by atoms with Gasteiger partial charge in [0, 0.05) is 38.7 Å². The third-order valence-electron chi connectivity index (χ3n) is 4.64. The molecule has 0 radical (unpaired) electrons. The van der Waals surface area contributed by atoms with Gasteiger partial charge in [0.15, 0.2) is 5.82 Å². The van der Waals surface area contributed by atoms with E-state index in [0.717, 1.165) is 48.8 Å². The summed E-state index contributed by atoms with van der Waals surface area (Å²) >= 11 is 0. The molecule has 1 aliphatic heterocycles. The standard InChI is InChI=1S/C18H21N7O/c1-26-14-4-8-24(9-5-14)18-10-16(15-12-20-6-7-21-15)25(23-18)13-2-3-17(19)22-11-13/h2-3,6-7,10-12,14H,4-5,8-9H2,1H3,(H2,19,22). The molecule has 0 spiro atoms. The Labute approximate surface area is 151 Å². The molecule has 0 aromatic carbocycles. The minimum absolute atomic E-state index is 0.328. The fraction of sp³-hybridized carbons (Fsp3) is 0.333. The van der Waals surface area contributed by atoms with E-state index < -0.39 is 0 Å². The lowest BCUT2D eigenvalue weighted by atomic mass is 10.1. The van der Waals surface area contributed by atoms with Crippen LogP contribution in [0.3, 0.4) is 0 Å². The number of anilines is 2. The van der Waals surface area contributed by atoms with Gasteiger partial charge in [-0.3, -0.25) is 9.97 Å². The molecule has 3 aromatic heterocycles. The smallest absolute Gasteiger partial charge is 0.151 e. The van der Waals surface area contributed by atoms with Crippen LogP contribution in [0.5, 0.6) is 0 Å². The van der Waals surface area contributed by atoms with E-state index in [1.807, 2.05) is 16.8 Å². The Morgan fingerprint density at radius 2 is 1.96 bits per heavy atom. The first-order valence-electron chi connectivity index (χ1n) is 8.60. The largest absolute Gasteiger partial charge is 0.384 e. The van der Waals surface area contributed by atoms with E-state index in [1.54, 1.807) is 38.0 Å². The number of nitrogens with two attached hydrogens (primary N) is 1. The number of piperidine rings is 1. The normalized spacial score (nSPS) is 15.3. The predicted molar refractivity (Wildman–Crippen MR) is 99.0 cm³/mol. The van der Waals surface area contributed by atoms with Crippen molar-refractivity contribution in [3.63, 3.8) is 0 Å². The van der Waals surface area contributed by atoms with Gasteiger partial charge in [0.2, 0.25) is 0 Å². The van der Waals surface area contributed by atoms with Crippen molar-refractivity contribution in [2.75, 3.05) is 30.8 Å². The van der Waals surface area contributed by atoms with E-state index in [2.05, 4.69) is 19.9 Å². The maximum Gasteiger partial charge on any atom is 0.151 e. The van der Waals surface area contributed by atoms with Crippen molar-refractivity contribution >= 4 is 11.6 Å². The van der Waals surface area contributed by atoms with Crippen molar-refractivity contribution in [2.24, 2.45) is 0 Å². The number of methoxy groups -OCH3 is 1. The van der Waals surface area contributed by atoms with Gasteiger partial charge in [-0.05, 0) is 25.0 Å². The molecule has 2 N–H and O–H groups in total. The van der Waals surface area contributed by atoms with Gasteiger partial charge in [-0.2, -0.15) is 0 Å². The molecule has 3 aromatic rings. The van der Waals surface area contributed by atoms with E-state index in [-0.39, 0.29) is 0 Å². The molecule has 0 aliphatic carbocycles. The van der Waals surface area contributed by atoms with Crippen LogP contribution in [0.2, 0.25) is 0 Å². The lowest BCUT2D eigenvalue weighted by Gasteiger charge is -2.31. The van der Waals surface area contributed by atoms with Crippen LogP contribution in [0.4, 0.5) is 11.6 Å². The van der Waals surface area contributed by atoms with Gasteiger partial charge >= 0.3 is 0 Å². The summed E-state index contributed by atoms with van der Waals surface area (Å²) in [6.07, 6.45) is 9.10. The van der Waals surface area contributed by atoms with Gasteiger partial charge in [0.1, 0.15) is 11.5 Å². The second-order valence-corrected chi connectivity index (χ2v) is 6.25. The first-order valence-corrected chi connectivity index (χ1v) is 8.60. The summed E-state index contributed by atoms with van der Waals surface area (Å²) in [7, 11) is 1.77. The van der Waals surface area contributed by atoms with Crippen molar-refractivity contribution in [3.8, 4) is 17.1 Å². The molecule has 0 amide bonds. The van der Waals surface area contributed by atoms with Crippen molar-refractivity contribution < 1.29 is 4.74 Å². The highest BCUT2D eigenvalue weighted by Gasteiger charge is 2.23. The number of hydrogen-bond donors (Lipinski definition) is 1. The quantitative estimate of drug-likeness (QED) is 0.767. The van der Waals surface area contributed by atoms with Gasteiger partial charge in [-0.25, -0.2) is 9.67 Å². The summed E-state index contributed by atoms with van der Waals surface area (Å²) in [5, 5.41) is 4.81. The zero-order chi connectivity index (χ0) is 17.9. The summed E-state index contributed by atoms with van der Waals surface area (Å²) in [6.45, 7) is 1.82. The molecule has 4 heterocycles. The van der Waals surface area contributed by atoms with Gasteiger partial charge in [-0.15, -0.1) is 5.10 Å². The predicted octanol–water partition coefficient (Wildman–Crippen LogP) is 1.92. The van der Waals surface area contributed by atoms with Crippen LogP contribution in [0.1, 0.15) is 12.8 Å². The van der Waals surface area contributed by atoms with Gasteiger partial charge in [0.25, 0.3) is 0 Å². The first-order chi connectivity index (χ1) is 12.7. The highest BCUT2D eigenvalue weighted by atomic mass is 16.5. The molecular weight excluding hydrogens is 330 g/mol. The first kappa shape index (κ1) is 16.5. The molecule has 0 saturated carbocycles. The fourth-order valence-corrected chi connectivity index (χ4v) is 3.18. The van der Waals surface area contributed by atoms with Crippen LogP contribution in [-0.4, -0.2) is 51.0 Å². The summed E-state index contributed by atoms with van der Waals surface area (Å²) < 4.78 is 7.30. The highest BCUT2D eigenvalue weighted by Crippen LogP contribution is 2.28. The number of rotatable bonds is 4. The van der Waals surface area contributed by atoms with E-state index in [9.17, 15) is 0 Å². The number of nitrogen functional groups attached to an aromatic ring is 1. The van der Waals surface area contributed by atoms with Crippen LogP contribution in [0.25, 0.3) is 17.1 Å². The van der Waals surface area contributed by atoms with E-state index in [4.69, 9.17) is 15.6 Å². The van der Waals surface area contributed by atoms with Crippen molar-refractivity contribution in [3.05, 3.63) is 43.0 Å². The van der Waals surface area contributed by atoms with Crippen LogP contribution in [0.15, 0.2) is 43.0 Å². The zero-order valence-electron chi connectivity index (χ0n) is 14.6. The second-order valence-electron chi connectivity index (χ2n) is 6.25. The Hall–Kier alpha value is -3.00. The van der Waals surface area contributed by atoms with Crippen LogP contribution >= 0.6 is 0 Å². The minimum Gasteiger partial charge on any atom is -0.384 e. The van der Waals surface area contributed by atoms with Gasteiger partial charge in [-0.1, -0.05) is 0 Å². The Kier molecular flexibility index (Phi) is 4.49. The fourth-order valence-electron chi connectivity index (χ4n) is 3.18. The zero-order valence-corrected chi connectivity index (χ0v) is 14.6. The molecule has 1 saturated heterocycles. The number of hydrogen-bond acceptors (Lipinski definition) is 7. The maximum atomic E-state index is 5.72. The Bertz CT molecular complexity index is 855. The third-order valence-corrected chi connectivity index (χ3v) is 4.64. The summed E-state index contributed by atoms with van der Waals surface area (Å²) in [6, 6.07) is 5.71. The molecule has 134 valence electrons. The average Bonchev–Trinajstić information content (AvgIpc) is 3.15. The van der Waals surface area contributed by atoms with Crippen molar-refractivity contribution in [1.29, 1.82) is 0 Å². The molecule has 1 fully saturated rings. The van der Waals surface area contributed by atoms with Crippen LogP contribution < -0.4 is 10.6 Å². The van der Waals surface area contributed by atoms with Crippen molar-refractivity contribution in [2.45, 2.75) is 18.9 Å². The number of ether oxygens (including phenoxy) is 1. The van der Waals surface area contributed by atoms with E-state index in [1.165, 1.54) is 0 Å². The Balaban J connectivity index is 1.72. The average molecular weight is 351 g/mol. The monoisotopic (exact) mass is 351 g/mol. The number of nitrogens with zero attached hydrogens (tertiary/aromatic N) is 6. The summed E-state index contributed by atoms with van der Waals surface area (Å²) in [5.74, 6) is 1.39. The van der Waals surface area contributed by atoms with Crippen molar-refractivity contribution in [1.82, 2.24) is 24.7 Å². The Morgan fingerprint density at radius 1 is 1.12 bits per heavy atom. The summed E-state index contributed by atoms with van der Waals surface area (Å²) in [5.41, 5.74) is 8.18. The molecule has 8 heteroatoms. The molecule has 8 nitrogen and oxygen atoms in total. The van der Waals surface area contributed by atoms with E-state index >= 15 is 0 Å². The van der Waals surface area contributed by atoms with Crippen LogP contribution in [-0.2, 0) is 4.74 Å². The molecular formula is C18H21N7O. The molecule has 4 rings (SSSR count). The molecule has 26 heavy (non-hydrogen) atoms. The lowest BCUT2D eigenvalue weighted by Crippen LogP contribution is -2.36. The Morgan fingerprint density at radius 3 is 2.62 bits per heavy atom. The number of pyridine rings is 1. The SMILES string of the molecule is COC1CCN(c2cc(-c3cnccn3)n(-c3ccc(N)nc3)n2)CC1. The summed E-state index contributed by atoms with van der Waals surface area (Å²) in [4.78, 5) is 15.1. The third kappa shape index (κ3) is 3.23. The topological polar surface area (TPSA) is 95.0 Å². The highest BCUT2D eigenvalue weighted by molar-refractivity contribution is 5.62. The second kappa shape index (κ2) is 7.09. The molecule has 0 unspecified atom stereocenters. The molecule has 0 bridgehead atoms.